The highest BCUT2D eigenvalue weighted by Crippen LogP contribution is 2.26. The zero-order valence-electron chi connectivity index (χ0n) is 14.8. The fourth-order valence-corrected chi connectivity index (χ4v) is 3.08. The van der Waals surface area contributed by atoms with Crippen LogP contribution in [0.1, 0.15) is 21.5 Å². The summed E-state index contributed by atoms with van der Waals surface area (Å²) < 4.78 is 14.2. The summed E-state index contributed by atoms with van der Waals surface area (Å²) in [6.45, 7) is 0. The lowest BCUT2D eigenvalue weighted by molar-refractivity contribution is 0.0954. The minimum absolute atomic E-state index is 0.0605. The van der Waals surface area contributed by atoms with Crippen LogP contribution in [0.5, 0.6) is 5.75 Å². The molecule has 0 fully saturated rings. The van der Waals surface area contributed by atoms with Crippen LogP contribution in [0.3, 0.4) is 0 Å². The topological polar surface area (TPSA) is 125 Å². The van der Waals surface area contributed by atoms with Gasteiger partial charge in [0, 0.05) is 13.2 Å². The summed E-state index contributed by atoms with van der Waals surface area (Å²) in [5.41, 5.74) is 0.693. The van der Waals surface area contributed by atoms with Gasteiger partial charge in [-0.2, -0.15) is 0 Å². The zero-order valence-corrected chi connectivity index (χ0v) is 15.7. The molecular formula is C18H17FN3O5P. The van der Waals surface area contributed by atoms with Crippen molar-refractivity contribution in [3.8, 4) is 5.75 Å². The first-order valence-electron chi connectivity index (χ1n) is 8.16. The van der Waals surface area contributed by atoms with Crippen molar-refractivity contribution in [3.63, 3.8) is 0 Å². The van der Waals surface area contributed by atoms with Crippen LogP contribution in [0, 0.1) is 5.82 Å². The third-order valence-electron chi connectivity index (χ3n) is 4.19. The Labute approximate surface area is 159 Å². The molecule has 0 aliphatic carbocycles. The van der Waals surface area contributed by atoms with E-state index >= 15 is 0 Å². The summed E-state index contributed by atoms with van der Waals surface area (Å²) in [5, 5.41) is 12.6. The Bertz CT molecular complexity index is 1100. The Morgan fingerprint density at radius 1 is 1.25 bits per heavy atom. The van der Waals surface area contributed by atoms with Gasteiger partial charge in [0.1, 0.15) is 16.9 Å². The number of nitrogens with zero attached hydrogens (tertiary/aromatic N) is 2. The van der Waals surface area contributed by atoms with E-state index in [1.165, 1.54) is 29.9 Å². The Morgan fingerprint density at radius 2 is 1.93 bits per heavy atom. The van der Waals surface area contributed by atoms with Crippen LogP contribution in [-0.4, -0.2) is 36.6 Å². The van der Waals surface area contributed by atoms with Crippen LogP contribution in [0.25, 0.3) is 11.0 Å². The minimum atomic E-state index is -2.38. The smallest absolute Gasteiger partial charge is 0.267 e. The largest absolute Gasteiger partial charge is 0.505 e. The van der Waals surface area contributed by atoms with Crippen molar-refractivity contribution in [3.05, 3.63) is 69.4 Å². The van der Waals surface area contributed by atoms with E-state index in [1.807, 2.05) is 0 Å². The van der Waals surface area contributed by atoms with Gasteiger partial charge in [0.25, 0.3) is 11.5 Å². The van der Waals surface area contributed by atoms with Crippen LogP contribution in [0.15, 0.2) is 41.3 Å². The van der Waals surface area contributed by atoms with Crippen molar-refractivity contribution in [1.29, 1.82) is 0 Å². The Morgan fingerprint density at radius 3 is 2.57 bits per heavy atom. The highest BCUT2D eigenvalue weighted by atomic mass is 31.2. The van der Waals surface area contributed by atoms with Gasteiger partial charge in [0.15, 0.2) is 14.1 Å². The van der Waals surface area contributed by atoms with E-state index in [0.717, 1.165) is 11.1 Å². The first kappa shape index (κ1) is 19.9. The summed E-state index contributed by atoms with van der Waals surface area (Å²) >= 11 is 0. The van der Waals surface area contributed by atoms with Crippen molar-refractivity contribution in [1.82, 2.24) is 14.9 Å². The second-order valence-corrected chi connectivity index (χ2v) is 7.20. The van der Waals surface area contributed by atoms with Crippen LogP contribution < -0.4 is 10.9 Å². The second-order valence-electron chi connectivity index (χ2n) is 6.14. The average Bonchev–Trinajstić information content (AvgIpc) is 2.66. The van der Waals surface area contributed by atoms with E-state index < -0.39 is 37.4 Å². The number of aryl methyl sites for hydroxylation is 1. The Kier molecular flexibility index (Phi) is 5.69. The third-order valence-corrected chi connectivity index (χ3v) is 4.64. The number of carbonyl (C=O) groups excluding carboxylic acids is 1. The summed E-state index contributed by atoms with van der Waals surface area (Å²) in [7, 11) is -0.938. The Hall–Kier alpha value is -2.87. The molecule has 146 valence electrons. The lowest BCUT2D eigenvalue weighted by atomic mass is 10.1. The van der Waals surface area contributed by atoms with Crippen molar-refractivity contribution >= 4 is 25.3 Å². The number of hydrogen-bond donors (Lipinski definition) is 4. The zero-order chi connectivity index (χ0) is 20.4. The van der Waals surface area contributed by atoms with Gasteiger partial charge in [-0.3, -0.25) is 14.6 Å². The molecule has 3 rings (SSSR count). The van der Waals surface area contributed by atoms with Crippen molar-refractivity contribution in [2.45, 2.75) is 6.42 Å². The molecule has 8 nitrogen and oxygen atoms in total. The number of carbonyl (C=O) groups is 1. The van der Waals surface area contributed by atoms with E-state index in [1.54, 1.807) is 18.2 Å². The average molecular weight is 405 g/mol. The number of amides is 1. The van der Waals surface area contributed by atoms with Gasteiger partial charge >= 0.3 is 0 Å². The van der Waals surface area contributed by atoms with Gasteiger partial charge in [-0.05, 0) is 35.7 Å². The summed E-state index contributed by atoms with van der Waals surface area (Å²) in [6.07, 6.45) is 1.51. The SMILES string of the molecule is Cn1c(=O)c(C(=O)NCP(O)O)c(O)c2ncc(Cc3ccc(F)cc3)cc21. The van der Waals surface area contributed by atoms with Crippen LogP contribution >= 0.6 is 8.38 Å². The van der Waals surface area contributed by atoms with E-state index in [2.05, 4.69) is 10.3 Å². The van der Waals surface area contributed by atoms with E-state index in [9.17, 15) is 19.1 Å². The fraction of sp³-hybridized carbons (Fsp3) is 0.167. The number of halogens is 1. The number of fused-ring (bicyclic) bond motifs is 1. The number of hydrogen-bond acceptors (Lipinski definition) is 6. The van der Waals surface area contributed by atoms with Crippen LogP contribution in [0.4, 0.5) is 4.39 Å². The molecule has 0 radical (unpaired) electrons. The number of benzene rings is 1. The molecule has 0 saturated carbocycles. The molecule has 0 aliphatic heterocycles. The Balaban J connectivity index is 2.02. The minimum Gasteiger partial charge on any atom is -0.505 e. The first-order valence-corrected chi connectivity index (χ1v) is 9.59. The maximum Gasteiger partial charge on any atom is 0.267 e. The van der Waals surface area contributed by atoms with Gasteiger partial charge < -0.3 is 24.8 Å². The predicted molar refractivity (Wildman–Crippen MR) is 102 cm³/mol. The van der Waals surface area contributed by atoms with E-state index in [4.69, 9.17) is 9.79 Å². The third kappa shape index (κ3) is 4.01. The highest BCUT2D eigenvalue weighted by Gasteiger charge is 2.22. The maximum absolute atomic E-state index is 13.0. The second kappa shape index (κ2) is 8.02. The van der Waals surface area contributed by atoms with Gasteiger partial charge in [-0.15, -0.1) is 0 Å². The highest BCUT2D eigenvalue weighted by molar-refractivity contribution is 7.45. The predicted octanol–water partition coefficient (Wildman–Crippen LogP) is 1.35. The molecule has 1 aromatic carbocycles. The van der Waals surface area contributed by atoms with E-state index in [-0.39, 0.29) is 11.3 Å². The molecule has 28 heavy (non-hydrogen) atoms. The van der Waals surface area contributed by atoms with E-state index in [0.29, 0.717) is 11.9 Å². The molecular weight excluding hydrogens is 388 g/mol. The van der Waals surface area contributed by atoms with Gasteiger partial charge in [-0.1, -0.05) is 12.1 Å². The molecule has 0 unspecified atom stereocenters. The monoisotopic (exact) mass is 405 g/mol. The molecule has 0 spiro atoms. The van der Waals surface area contributed by atoms with Crippen molar-refractivity contribution in [2.24, 2.45) is 7.05 Å². The standard InChI is InChI=1S/C18H17FN3O5P/c1-22-13-7-11(6-10-2-4-12(19)5-3-10)8-20-15(13)16(23)14(18(22)25)17(24)21-9-28(26)27/h2-5,7-8,23,26-27H,6,9H2,1H3,(H,21,24). The molecule has 2 aromatic heterocycles. The summed E-state index contributed by atoms with van der Waals surface area (Å²) in [5.74, 6) is -1.84. The number of aromatic hydroxyl groups is 1. The van der Waals surface area contributed by atoms with Gasteiger partial charge in [-0.25, -0.2) is 4.39 Å². The molecule has 0 aliphatic rings. The summed E-state index contributed by atoms with van der Waals surface area (Å²) in [4.78, 5) is 46.7. The molecule has 3 aromatic rings. The van der Waals surface area contributed by atoms with Crippen LogP contribution in [-0.2, 0) is 13.5 Å². The van der Waals surface area contributed by atoms with Crippen LogP contribution in [0.2, 0.25) is 0 Å². The molecule has 4 N–H and O–H groups in total. The number of aromatic nitrogens is 2. The number of rotatable bonds is 5. The lowest BCUT2D eigenvalue weighted by Gasteiger charge is -2.13. The molecule has 2 heterocycles. The van der Waals surface area contributed by atoms with Gasteiger partial charge in [0.05, 0.1) is 11.8 Å². The molecule has 1 amide bonds. The van der Waals surface area contributed by atoms with Crippen molar-refractivity contribution < 1.29 is 24.1 Å². The molecule has 10 heteroatoms. The number of nitrogens with one attached hydrogen (secondary N) is 1. The molecule has 0 saturated heterocycles. The maximum atomic E-state index is 13.0. The van der Waals surface area contributed by atoms with Crippen molar-refractivity contribution in [2.75, 3.05) is 6.29 Å². The molecule has 0 bridgehead atoms. The fourth-order valence-electron chi connectivity index (χ4n) is 2.80. The summed E-state index contributed by atoms with van der Waals surface area (Å²) in [6, 6.07) is 7.64. The molecule has 0 atom stereocenters. The number of pyridine rings is 2. The first-order chi connectivity index (χ1) is 13.3. The normalized spacial score (nSPS) is 11.2. The quantitative estimate of drug-likeness (QED) is 0.475. The van der Waals surface area contributed by atoms with Gasteiger partial charge in [0.2, 0.25) is 0 Å². The lowest BCUT2D eigenvalue weighted by Crippen LogP contribution is -2.32.